The number of carbonyl (C=O) groups excluding carboxylic acids is 1. The topological polar surface area (TPSA) is 55.0 Å². The fourth-order valence-corrected chi connectivity index (χ4v) is 1.64. The van der Waals surface area contributed by atoms with E-state index in [2.05, 4.69) is 10.2 Å². The number of nitrogens with zero attached hydrogens (tertiary/aromatic N) is 1. The van der Waals surface area contributed by atoms with E-state index in [-0.39, 0.29) is 12.2 Å². The van der Waals surface area contributed by atoms with E-state index in [1.165, 1.54) is 6.20 Å². The summed E-state index contributed by atoms with van der Waals surface area (Å²) in [4.78, 5) is 12.0. The Hall–Kier alpha value is -1.81. The average molecular weight is 251 g/mol. The number of hydrogen-bond acceptors (Lipinski definition) is 3. The van der Waals surface area contributed by atoms with Crippen LogP contribution in [0.2, 0.25) is 5.02 Å². The number of aromatic amines is 1. The number of benzene rings is 1. The first-order valence-corrected chi connectivity index (χ1v) is 5.43. The minimum atomic E-state index is -0.0324. The van der Waals surface area contributed by atoms with Gasteiger partial charge in [0.05, 0.1) is 30.4 Å². The highest BCUT2D eigenvalue weighted by molar-refractivity contribution is 6.31. The van der Waals surface area contributed by atoms with Crippen molar-refractivity contribution in [2.75, 3.05) is 7.11 Å². The van der Waals surface area contributed by atoms with Gasteiger partial charge in [-0.25, -0.2) is 0 Å². The van der Waals surface area contributed by atoms with Gasteiger partial charge in [0, 0.05) is 5.56 Å². The first-order chi connectivity index (χ1) is 8.20. The van der Waals surface area contributed by atoms with E-state index in [1.807, 2.05) is 0 Å². The Morgan fingerprint density at radius 1 is 1.53 bits per heavy atom. The highest BCUT2D eigenvalue weighted by Gasteiger charge is 2.11. The molecule has 88 valence electrons. The van der Waals surface area contributed by atoms with Gasteiger partial charge in [-0.3, -0.25) is 9.89 Å². The van der Waals surface area contributed by atoms with Crippen molar-refractivity contribution in [1.29, 1.82) is 0 Å². The van der Waals surface area contributed by atoms with Crippen molar-refractivity contribution in [1.82, 2.24) is 10.2 Å². The van der Waals surface area contributed by atoms with Gasteiger partial charge in [-0.2, -0.15) is 5.10 Å². The van der Waals surface area contributed by atoms with Crippen LogP contribution in [0.1, 0.15) is 16.1 Å². The number of hydrogen-bond donors (Lipinski definition) is 1. The number of ether oxygens (including phenoxy) is 1. The molecule has 0 bridgehead atoms. The Bertz CT molecular complexity index is 537. The van der Waals surface area contributed by atoms with Gasteiger partial charge in [-0.1, -0.05) is 23.7 Å². The van der Waals surface area contributed by atoms with Crippen LogP contribution in [0, 0.1) is 0 Å². The van der Waals surface area contributed by atoms with Gasteiger partial charge < -0.3 is 4.74 Å². The Balaban J connectivity index is 2.17. The van der Waals surface area contributed by atoms with Crippen molar-refractivity contribution in [2.45, 2.75) is 6.42 Å². The number of Topliss-reactive ketones (excluding diaryl/α,β-unsaturated/α-hetero) is 1. The fraction of sp³-hybridized carbons (Fsp3) is 0.167. The molecule has 0 aliphatic carbocycles. The average Bonchev–Trinajstić information content (AvgIpc) is 2.75. The van der Waals surface area contributed by atoms with Crippen LogP contribution >= 0.6 is 11.6 Å². The van der Waals surface area contributed by atoms with E-state index in [9.17, 15) is 4.79 Å². The minimum Gasteiger partial charge on any atom is -0.497 e. The molecule has 17 heavy (non-hydrogen) atoms. The molecular formula is C12H11ClN2O2. The maximum atomic E-state index is 12.0. The number of nitrogens with one attached hydrogen (secondary N) is 1. The molecule has 0 aliphatic rings. The maximum absolute atomic E-state index is 12.0. The van der Waals surface area contributed by atoms with Gasteiger partial charge in [0.1, 0.15) is 5.75 Å². The number of H-pyrrole nitrogens is 1. The molecule has 0 spiro atoms. The molecule has 0 unspecified atom stereocenters. The molecule has 1 N–H and O–H groups in total. The molecule has 0 fully saturated rings. The number of ketones is 1. The predicted molar refractivity (Wildman–Crippen MR) is 64.6 cm³/mol. The zero-order valence-corrected chi connectivity index (χ0v) is 9.99. The summed E-state index contributed by atoms with van der Waals surface area (Å²) in [7, 11) is 1.56. The lowest BCUT2D eigenvalue weighted by Gasteiger charge is -2.03. The second-order valence-electron chi connectivity index (χ2n) is 3.53. The van der Waals surface area contributed by atoms with Crippen LogP contribution in [-0.2, 0) is 6.42 Å². The molecule has 0 amide bonds. The third kappa shape index (κ3) is 2.65. The zero-order chi connectivity index (χ0) is 12.3. The first kappa shape index (κ1) is 11.7. The zero-order valence-electron chi connectivity index (χ0n) is 9.24. The minimum absolute atomic E-state index is 0.0324. The van der Waals surface area contributed by atoms with Crippen LogP contribution in [0.5, 0.6) is 5.75 Å². The van der Waals surface area contributed by atoms with Gasteiger partial charge >= 0.3 is 0 Å². The second-order valence-corrected chi connectivity index (χ2v) is 3.94. The molecule has 0 saturated heterocycles. The van der Waals surface area contributed by atoms with E-state index in [4.69, 9.17) is 16.3 Å². The Morgan fingerprint density at radius 3 is 3.00 bits per heavy atom. The van der Waals surface area contributed by atoms with E-state index in [1.54, 1.807) is 31.4 Å². The number of carbonyl (C=O) groups is 1. The van der Waals surface area contributed by atoms with Crippen molar-refractivity contribution in [3.05, 3.63) is 46.7 Å². The van der Waals surface area contributed by atoms with Crippen LogP contribution < -0.4 is 4.74 Å². The maximum Gasteiger partial charge on any atom is 0.168 e. The lowest BCUT2D eigenvalue weighted by molar-refractivity contribution is 0.0991. The van der Waals surface area contributed by atoms with Crippen LogP contribution in [-0.4, -0.2) is 23.1 Å². The molecular weight excluding hydrogens is 240 g/mol. The third-order valence-corrected chi connectivity index (χ3v) is 2.72. The SMILES string of the molecule is COc1cccc(C(=O)Cc2[nH]ncc2Cl)c1. The Labute approximate surface area is 104 Å². The molecule has 1 aromatic heterocycles. The van der Waals surface area contributed by atoms with Gasteiger partial charge in [0.2, 0.25) is 0 Å². The Kier molecular flexibility index (Phi) is 3.44. The summed E-state index contributed by atoms with van der Waals surface area (Å²) >= 11 is 5.86. The summed E-state index contributed by atoms with van der Waals surface area (Å²) in [5.74, 6) is 0.626. The first-order valence-electron chi connectivity index (χ1n) is 5.05. The smallest absolute Gasteiger partial charge is 0.168 e. The molecule has 5 heteroatoms. The van der Waals surface area contributed by atoms with Crippen LogP contribution in [0.25, 0.3) is 0 Å². The number of methoxy groups -OCH3 is 1. The number of rotatable bonds is 4. The summed E-state index contributed by atoms with van der Waals surface area (Å²) in [6.45, 7) is 0. The monoisotopic (exact) mass is 250 g/mol. The molecule has 1 aromatic carbocycles. The van der Waals surface area contributed by atoms with Crippen molar-refractivity contribution in [3.63, 3.8) is 0 Å². The van der Waals surface area contributed by atoms with Gasteiger partial charge in [-0.05, 0) is 12.1 Å². The van der Waals surface area contributed by atoms with E-state index >= 15 is 0 Å². The quantitative estimate of drug-likeness (QED) is 0.849. The molecule has 0 aliphatic heterocycles. The largest absolute Gasteiger partial charge is 0.497 e. The predicted octanol–water partition coefficient (Wildman–Crippen LogP) is 2.50. The van der Waals surface area contributed by atoms with Crippen molar-refractivity contribution < 1.29 is 9.53 Å². The summed E-state index contributed by atoms with van der Waals surface area (Å²) in [5.41, 5.74) is 1.22. The van der Waals surface area contributed by atoms with E-state index in [0.29, 0.717) is 22.0 Å². The number of aromatic nitrogens is 2. The van der Waals surface area contributed by atoms with Crippen LogP contribution in [0.4, 0.5) is 0 Å². The lowest BCUT2D eigenvalue weighted by Crippen LogP contribution is -2.04. The summed E-state index contributed by atoms with van der Waals surface area (Å²) in [6.07, 6.45) is 1.68. The normalized spacial score (nSPS) is 10.2. The second kappa shape index (κ2) is 5.01. The summed E-state index contributed by atoms with van der Waals surface area (Å²) in [6, 6.07) is 7.02. The molecule has 1 heterocycles. The molecule has 2 aromatic rings. The highest BCUT2D eigenvalue weighted by atomic mass is 35.5. The summed E-state index contributed by atoms with van der Waals surface area (Å²) < 4.78 is 5.07. The van der Waals surface area contributed by atoms with Crippen molar-refractivity contribution >= 4 is 17.4 Å². The molecule has 2 rings (SSSR count). The standard InChI is InChI=1S/C12H11ClN2O2/c1-17-9-4-2-3-8(5-9)12(16)6-11-10(13)7-14-15-11/h2-5,7H,6H2,1H3,(H,14,15). The van der Waals surface area contributed by atoms with Gasteiger partial charge in [-0.15, -0.1) is 0 Å². The van der Waals surface area contributed by atoms with E-state index < -0.39 is 0 Å². The summed E-state index contributed by atoms with van der Waals surface area (Å²) in [5, 5.41) is 6.94. The van der Waals surface area contributed by atoms with Gasteiger partial charge in [0.25, 0.3) is 0 Å². The lowest BCUT2D eigenvalue weighted by atomic mass is 10.1. The highest BCUT2D eigenvalue weighted by Crippen LogP contribution is 2.17. The molecule has 0 radical (unpaired) electrons. The third-order valence-electron chi connectivity index (χ3n) is 2.39. The van der Waals surface area contributed by atoms with Crippen LogP contribution in [0.15, 0.2) is 30.5 Å². The molecule has 0 saturated carbocycles. The fourth-order valence-electron chi connectivity index (χ4n) is 1.48. The number of halogens is 1. The van der Waals surface area contributed by atoms with Crippen molar-refractivity contribution in [2.24, 2.45) is 0 Å². The van der Waals surface area contributed by atoms with Gasteiger partial charge in [0.15, 0.2) is 5.78 Å². The van der Waals surface area contributed by atoms with E-state index in [0.717, 1.165) is 0 Å². The van der Waals surface area contributed by atoms with Crippen LogP contribution in [0.3, 0.4) is 0 Å². The van der Waals surface area contributed by atoms with Crippen molar-refractivity contribution in [3.8, 4) is 5.75 Å². The molecule has 0 atom stereocenters. The molecule has 4 nitrogen and oxygen atoms in total. The Morgan fingerprint density at radius 2 is 2.35 bits per heavy atom.